The van der Waals surface area contributed by atoms with E-state index < -0.39 is 10.0 Å². The maximum Gasteiger partial charge on any atom is 0.305 e. The Bertz CT molecular complexity index is 653. The van der Waals surface area contributed by atoms with E-state index in [1.807, 2.05) is 6.92 Å². The molecule has 1 heterocycles. The van der Waals surface area contributed by atoms with Crippen LogP contribution in [0, 0.1) is 0 Å². The van der Waals surface area contributed by atoms with Gasteiger partial charge in [-0.3, -0.25) is 14.5 Å². The van der Waals surface area contributed by atoms with Gasteiger partial charge in [-0.25, -0.2) is 8.42 Å². The van der Waals surface area contributed by atoms with E-state index in [0.717, 1.165) is 6.42 Å². The highest BCUT2D eigenvalue weighted by molar-refractivity contribution is 7.90. The van der Waals surface area contributed by atoms with Gasteiger partial charge >= 0.3 is 5.97 Å². The quantitative estimate of drug-likeness (QED) is 0.637. The van der Waals surface area contributed by atoms with Gasteiger partial charge in [0.15, 0.2) is 0 Å². The van der Waals surface area contributed by atoms with Crippen LogP contribution in [0.5, 0.6) is 0 Å². The van der Waals surface area contributed by atoms with E-state index in [1.165, 1.54) is 0 Å². The third-order valence-electron chi connectivity index (χ3n) is 2.94. The first-order chi connectivity index (χ1) is 10.0. The van der Waals surface area contributed by atoms with Crippen LogP contribution in [-0.2, 0) is 19.6 Å². The second-order valence-corrected chi connectivity index (χ2v) is 6.31. The standard InChI is InChI=1S/C14H18N2O4S/c1-2-10-20-13(17)8-5-9-15-14-11-6-3-4-7-12(11)21(18,19)16-14/h3-4,6-7H,2,5,8-10H2,1H3,(H,15,16). The first-order valence-corrected chi connectivity index (χ1v) is 8.35. The van der Waals surface area contributed by atoms with Crippen molar-refractivity contribution in [1.29, 1.82) is 0 Å². The number of benzene rings is 1. The third kappa shape index (κ3) is 3.81. The summed E-state index contributed by atoms with van der Waals surface area (Å²) in [5.41, 5.74) is 0.575. The molecule has 0 unspecified atom stereocenters. The lowest BCUT2D eigenvalue weighted by atomic mass is 10.2. The number of amidine groups is 1. The van der Waals surface area contributed by atoms with Crippen LogP contribution in [0.2, 0.25) is 0 Å². The predicted octanol–water partition coefficient (Wildman–Crippen LogP) is 1.46. The van der Waals surface area contributed by atoms with Gasteiger partial charge in [0.2, 0.25) is 0 Å². The molecule has 0 amide bonds. The second-order valence-electron chi connectivity index (χ2n) is 4.66. The van der Waals surface area contributed by atoms with Crippen molar-refractivity contribution >= 4 is 21.8 Å². The molecule has 0 atom stereocenters. The summed E-state index contributed by atoms with van der Waals surface area (Å²) in [5, 5.41) is 0. The molecular weight excluding hydrogens is 292 g/mol. The van der Waals surface area contributed by atoms with Crippen LogP contribution in [0.3, 0.4) is 0 Å². The van der Waals surface area contributed by atoms with Crippen molar-refractivity contribution in [2.45, 2.75) is 31.1 Å². The van der Waals surface area contributed by atoms with Crippen LogP contribution >= 0.6 is 0 Å². The summed E-state index contributed by atoms with van der Waals surface area (Å²) in [6.45, 7) is 2.73. The van der Waals surface area contributed by atoms with Gasteiger partial charge in [0, 0.05) is 18.5 Å². The van der Waals surface area contributed by atoms with E-state index in [1.54, 1.807) is 24.3 Å². The zero-order chi connectivity index (χ0) is 15.3. The van der Waals surface area contributed by atoms with Crippen LogP contribution in [0.25, 0.3) is 0 Å². The Balaban J connectivity index is 1.93. The van der Waals surface area contributed by atoms with E-state index in [2.05, 4.69) is 9.71 Å². The summed E-state index contributed by atoms with van der Waals surface area (Å²) >= 11 is 0. The molecular formula is C14H18N2O4S. The maximum atomic E-state index is 11.9. The predicted molar refractivity (Wildman–Crippen MR) is 78.7 cm³/mol. The minimum Gasteiger partial charge on any atom is -0.466 e. The number of carbonyl (C=O) groups is 1. The zero-order valence-corrected chi connectivity index (χ0v) is 12.6. The van der Waals surface area contributed by atoms with E-state index >= 15 is 0 Å². The number of hydrogen-bond acceptors (Lipinski definition) is 5. The van der Waals surface area contributed by atoms with Gasteiger partial charge in [-0.2, -0.15) is 0 Å². The van der Waals surface area contributed by atoms with Crippen molar-refractivity contribution in [2.24, 2.45) is 4.99 Å². The minimum atomic E-state index is -3.49. The Hall–Kier alpha value is -1.89. The second kappa shape index (κ2) is 6.71. The zero-order valence-electron chi connectivity index (χ0n) is 11.8. The summed E-state index contributed by atoms with van der Waals surface area (Å²) in [5.74, 6) is 0.0944. The van der Waals surface area contributed by atoms with Crippen molar-refractivity contribution in [3.63, 3.8) is 0 Å². The van der Waals surface area contributed by atoms with Crippen LogP contribution < -0.4 is 4.72 Å². The monoisotopic (exact) mass is 310 g/mol. The molecule has 1 N–H and O–H groups in total. The maximum absolute atomic E-state index is 11.9. The van der Waals surface area contributed by atoms with E-state index in [4.69, 9.17) is 4.74 Å². The molecule has 7 heteroatoms. The Morgan fingerprint density at radius 3 is 2.86 bits per heavy atom. The number of carbonyl (C=O) groups excluding carboxylic acids is 1. The van der Waals surface area contributed by atoms with Gasteiger partial charge in [-0.1, -0.05) is 19.1 Å². The molecule has 0 saturated heterocycles. The molecule has 0 spiro atoms. The highest BCUT2D eigenvalue weighted by Crippen LogP contribution is 2.22. The number of sulfonamides is 1. The molecule has 21 heavy (non-hydrogen) atoms. The molecule has 6 nitrogen and oxygen atoms in total. The lowest BCUT2D eigenvalue weighted by Gasteiger charge is -2.02. The lowest BCUT2D eigenvalue weighted by Crippen LogP contribution is -2.22. The number of esters is 1. The average Bonchev–Trinajstić information content (AvgIpc) is 2.73. The summed E-state index contributed by atoms with van der Waals surface area (Å²) < 4.78 is 31.1. The number of fused-ring (bicyclic) bond motifs is 1. The average molecular weight is 310 g/mol. The first kappa shape index (κ1) is 15.5. The molecule has 0 aliphatic carbocycles. The molecule has 1 aromatic rings. The number of rotatable bonds is 6. The van der Waals surface area contributed by atoms with Gasteiger partial charge in [0.1, 0.15) is 5.84 Å². The summed E-state index contributed by atoms with van der Waals surface area (Å²) in [4.78, 5) is 15.8. The van der Waals surface area contributed by atoms with Gasteiger partial charge in [0.25, 0.3) is 10.0 Å². The molecule has 0 saturated carbocycles. The van der Waals surface area contributed by atoms with Crippen LogP contribution in [0.15, 0.2) is 34.2 Å². The molecule has 2 rings (SSSR count). The number of nitrogens with one attached hydrogen (secondary N) is 1. The molecule has 1 aromatic carbocycles. The molecule has 0 fully saturated rings. The normalized spacial score (nSPS) is 17.3. The fourth-order valence-electron chi connectivity index (χ4n) is 1.95. The van der Waals surface area contributed by atoms with Crippen LogP contribution in [-0.4, -0.2) is 33.4 Å². The number of ether oxygens (including phenoxy) is 1. The SMILES string of the molecule is CCCOC(=O)CCCN=C1NS(=O)(=O)c2ccccc21. The summed E-state index contributed by atoms with van der Waals surface area (Å²) in [6.07, 6.45) is 1.60. The van der Waals surface area contributed by atoms with E-state index in [-0.39, 0.29) is 17.3 Å². The smallest absolute Gasteiger partial charge is 0.305 e. The minimum absolute atomic E-state index is 0.242. The molecule has 0 bridgehead atoms. The fourth-order valence-corrected chi connectivity index (χ4v) is 3.20. The number of hydrogen-bond donors (Lipinski definition) is 1. The summed E-state index contributed by atoms with van der Waals surface area (Å²) in [7, 11) is -3.49. The van der Waals surface area contributed by atoms with E-state index in [0.29, 0.717) is 31.0 Å². The van der Waals surface area contributed by atoms with Gasteiger partial charge < -0.3 is 4.74 Å². The van der Waals surface area contributed by atoms with Crippen molar-refractivity contribution in [3.8, 4) is 0 Å². The molecule has 0 aromatic heterocycles. The van der Waals surface area contributed by atoms with Gasteiger partial charge in [-0.15, -0.1) is 0 Å². The fraction of sp³-hybridized carbons (Fsp3) is 0.429. The van der Waals surface area contributed by atoms with Crippen LogP contribution in [0.4, 0.5) is 0 Å². The topological polar surface area (TPSA) is 84.8 Å². The van der Waals surface area contributed by atoms with Crippen molar-refractivity contribution < 1.29 is 17.9 Å². The van der Waals surface area contributed by atoms with Gasteiger partial charge in [-0.05, 0) is 25.0 Å². The van der Waals surface area contributed by atoms with Crippen molar-refractivity contribution in [2.75, 3.05) is 13.2 Å². The molecule has 0 radical (unpaired) electrons. The summed E-state index contributed by atoms with van der Waals surface area (Å²) in [6, 6.07) is 6.69. The van der Waals surface area contributed by atoms with Crippen molar-refractivity contribution in [3.05, 3.63) is 29.8 Å². The molecule has 1 aliphatic rings. The number of aliphatic imine (C=N–C) groups is 1. The Morgan fingerprint density at radius 1 is 1.33 bits per heavy atom. The lowest BCUT2D eigenvalue weighted by molar-refractivity contribution is -0.143. The van der Waals surface area contributed by atoms with Gasteiger partial charge in [0.05, 0.1) is 11.5 Å². The van der Waals surface area contributed by atoms with Crippen LogP contribution in [0.1, 0.15) is 31.7 Å². The Morgan fingerprint density at radius 2 is 2.10 bits per heavy atom. The Kier molecular flexibility index (Phi) is 4.95. The Labute approximate surface area is 124 Å². The molecule has 114 valence electrons. The number of nitrogens with zero attached hydrogens (tertiary/aromatic N) is 1. The molecule has 1 aliphatic heterocycles. The highest BCUT2D eigenvalue weighted by Gasteiger charge is 2.29. The van der Waals surface area contributed by atoms with E-state index in [9.17, 15) is 13.2 Å². The third-order valence-corrected chi connectivity index (χ3v) is 4.34. The van der Waals surface area contributed by atoms with Crippen molar-refractivity contribution in [1.82, 2.24) is 4.72 Å². The first-order valence-electron chi connectivity index (χ1n) is 6.87. The highest BCUT2D eigenvalue weighted by atomic mass is 32.2. The largest absolute Gasteiger partial charge is 0.466 e.